The summed E-state index contributed by atoms with van der Waals surface area (Å²) < 4.78 is 43.1. The molecule has 0 aromatic heterocycles. The van der Waals surface area contributed by atoms with Crippen molar-refractivity contribution in [3.05, 3.63) is 42.2 Å². The van der Waals surface area contributed by atoms with Crippen molar-refractivity contribution in [2.45, 2.75) is 45.3 Å². The third kappa shape index (κ3) is 4.44. The van der Waals surface area contributed by atoms with Crippen molar-refractivity contribution in [2.75, 3.05) is 17.4 Å². The van der Waals surface area contributed by atoms with Crippen LogP contribution in [0.2, 0.25) is 0 Å². The molecule has 28 heavy (non-hydrogen) atoms. The van der Waals surface area contributed by atoms with Crippen LogP contribution < -0.4 is 4.31 Å². The highest BCUT2D eigenvalue weighted by atomic mass is 32.2. The van der Waals surface area contributed by atoms with Crippen molar-refractivity contribution < 1.29 is 22.7 Å². The number of ether oxygens (including phenoxy) is 1. The average Bonchev–Trinajstić information content (AvgIpc) is 2.63. The van der Waals surface area contributed by atoms with Crippen LogP contribution >= 0.6 is 0 Å². The fourth-order valence-electron chi connectivity index (χ4n) is 3.46. The number of piperidine rings is 1. The van der Waals surface area contributed by atoms with Gasteiger partial charge in [-0.15, -0.1) is 0 Å². The van der Waals surface area contributed by atoms with Gasteiger partial charge in [-0.1, -0.05) is 24.3 Å². The Balaban J connectivity index is 1.82. The molecule has 152 valence electrons. The predicted molar refractivity (Wildman–Crippen MR) is 108 cm³/mol. The SMILES string of the molecule is CC(C)(C)OC(=O)N1CCC(N(c2ccc(F)c3ccccc23)S(=O)O)CC1. The molecule has 0 aliphatic carbocycles. The van der Waals surface area contributed by atoms with Gasteiger partial charge in [-0.05, 0) is 45.7 Å². The third-order valence-corrected chi connectivity index (χ3v) is 5.53. The van der Waals surface area contributed by atoms with Crippen molar-refractivity contribution in [2.24, 2.45) is 0 Å². The number of hydrogen-bond donors (Lipinski definition) is 1. The van der Waals surface area contributed by atoms with Gasteiger partial charge >= 0.3 is 6.09 Å². The summed E-state index contributed by atoms with van der Waals surface area (Å²) in [6.45, 7) is 6.29. The van der Waals surface area contributed by atoms with Gasteiger partial charge in [0.05, 0.1) is 5.69 Å². The molecule has 0 spiro atoms. The summed E-state index contributed by atoms with van der Waals surface area (Å²) >= 11 is -2.28. The van der Waals surface area contributed by atoms with Crippen molar-refractivity contribution in [3.8, 4) is 0 Å². The van der Waals surface area contributed by atoms with Crippen LogP contribution in [-0.2, 0) is 16.0 Å². The van der Waals surface area contributed by atoms with Crippen LogP contribution in [0.25, 0.3) is 10.8 Å². The van der Waals surface area contributed by atoms with Gasteiger partial charge in [-0.2, -0.15) is 0 Å². The zero-order chi connectivity index (χ0) is 20.5. The van der Waals surface area contributed by atoms with E-state index in [4.69, 9.17) is 4.74 Å². The Kier molecular flexibility index (Phi) is 5.90. The Hall–Kier alpha value is -2.19. The van der Waals surface area contributed by atoms with Gasteiger partial charge in [-0.3, -0.25) is 8.86 Å². The van der Waals surface area contributed by atoms with Gasteiger partial charge in [0.15, 0.2) is 0 Å². The molecule has 3 rings (SSSR count). The molecular weight excluding hydrogens is 383 g/mol. The number of anilines is 1. The molecule has 0 bridgehead atoms. The zero-order valence-electron chi connectivity index (χ0n) is 16.2. The van der Waals surface area contributed by atoms with E-state index in [1.54, 1.807) is 29.2 Å². The highest BCUT2D eigenvalue weighted by Crippen LogP contribution is 2.33. The van der Waals surface area contributed by atoms with Crippen LogP contribution in [0.1, 0.15) is 33.6 Å². The maximum absolute atomic E-state index is 14.1. The van der Waals surface area contributed by atoms with Gasteiger partial charge in [0.1, 0.15) is 11.4 Å². The predicted octanol–water partition coefficient (Wildman–Crippen LogP) is 4.32. The van der Waals surface area contributed by atoms with E-state index in [-0.39, 0.29) is 18.0 Å². The Labute approximate surface area is 166 Å². The number of amides is 1. The zero-order valence-corrected chi connectivity index (χ0v) is 17.0. The maximum atomic E-state index is 14.1. The molecule has 2 aromatic carbocycles. The number of likely N-dealkylation sites (tertiary alicyclic amines) is 1. The van der Waals surface area contributed by atoms with Crippen molar-refractivity contribution in [3.63, 3.8) is 0 Å². The summed E-state index contributed by atoms with van der Waals surface area (Å²) in [6.07, 6.45) is 0.643. The minimum Gasteiger partial charge on any atom is -0.444 e. The van der Waals surface area contributed by atoms with Crippen molar-refractivity contribution >= 4 is 33.8 Å². The fraction of sp³-hybridized carbons (Fsp3) is 0.450. The van der Waals surface area contributed by atoms with E-state index in [1.807, 2.05) is 20.8 Å². The number of halogens is 1. The van der Waals surface area contributed by atoms with E-state index in [9.17, 15) is 17.9 Å². The summed E-state index contributed by atoms with van der Waals surface area (Å²) in [5.74, 6) is -0.372. The maximum Gasteiger partial charge on any atom is 0.410 e. The van der Waals surface area contributed by atoms with Gasteiger partial charge in [0.2, 0.25) is 0 Å². The number of hydrogen-bond acceptors (Lipinski definition) is 3. The molecule has 1 N–H and O–H groups in total. The summed E-state index contributed by atoms with van der Waals surface area (Å²) in [4.78, 5) is 13.9. The number of fused-ring (bicyclic) bond motifs is 1. The van der Waals surface area contributed by atoms with Gasteiger partial charge in [0.25, 0.3) is 11.3 Å². The molecule has 6 nitrogen and oxygen atoms in total. The Morgan fingerprint density at radius 1 is 1.18 bits per heavy atom. The highest BCUT2D eigenvalue weighted by Gasteiger charge is 2.32. The van der Waals surface area contributed by atoms with Crippen LogP contribution in [0, 0.1) is 5.82 Å². The lowest BCUT2D eigenvalue weighted by Gasteiger charge is -2.38. The van der Waals surface area contributed by atoms with Gasteiger partial charge in [-0.25, -0.2) is 13.4 Å². The normalized spacial score (nSPS) is 16.8. The van der Waals surface area contributed by atoms with Crippen LogP contribution in [0.3, 0.4) is 0 Å². The monoisotopic (exact) mass is 408 g/mol. The third-order valence-electron chi connectivity index (χ3n) is 4.70. The molecule has 8 heteroatoms. The van der Waals surface area contributed by atoms with E-state index in [2.05, 4.69) is 0 Å². The molecule has 0 saturated carbocycles. The van der Waals surface area contributed by atoms with Crippen LogP contribution in [0.4, 0.5) is 14.9 Å². The van der Waals surface area contributed by atoms with E-state index >= 15 is 0 Å². The number of rotatable bonds is 3. The largest absolute Gasteiger partial charge is 0.444 e. The molecule has 1 aliphatic rings. The first-order chi connectivity index (χ1) is 13.2. The average molecular weight is 408 g/mol. The molecule has 1 amide bonds. The molecule has 0 radical (unpaired) electrons. The van der Waals surface area contributed by atoms with Gasteiger partial charge in [0, 0.05) is 29.9 Å². The second kappa shape index (κ2) is 8.05. The summed E-state index contributed by atoms with van der Waals surface area (Å²) in [7, 11) is 0. The molecule has 1 atom stereocenters. The second-order valence-corrected chi connectivity index (χ2v) is 8.72. The Bertz CT molecular complexity index is 891. The first-order valence-electron chi connectivity index (χ1n) is 9.23. The van der Waals surface area contributed by atoms with Crippen molar-refractivity contribution in [1.29, 1.82) is 0 Å². The second-order valence-electron chi connectivity index (χ2n) is 7.87. The first-order valence-corrected chi connectivity index (χ1v) is 10.3. The standard InChI is InChI=1S/C20H25FN2O4S/c1-20(2,3)27-19(24)22-12-10-14(11-13-22)23(28(25)26)18-9-8-17(21)15-6-4-5-7-16(15)18/h4-9,14H,10-13H2,1-3H3,(H,25,26). The minimum absolute atomic E-state index is 0.251. The van der Waals surface area contributed by atoms with Crippen LogP contribution in [0.15, 0.2) is 36.4 Å². The van der Waals surface area contributed by atoms with E-state index in [1.165, 1.54) is 16.4 Å². The van der Waals surface area contributed by atoms with Crippen molar-refractivity contribution in [1.82, 2.24) is 4.90 Å². The summed E-state index contributed by atoms with van der Waals surface area (Å²) in [5, 5.41) is 0.987. The molecule has 1 unspecified atom stereocenters. The molecule has 1 aliphatic heterocycles. The number of benzene rings is 2. The van der Waals surface area contributed by atoms with Crippen LogP contribution in [-0.4, -0.2) is 44.5 Å². The Morgan fingerprint density at radius 2 is 1.79 bits per heavy atom. The molecule has 1 saturated heterocycles. The lowest BCUT2D eigenvalue weighted by atomic mass is 10.0. The lowest BCUT2D eigenvalue weighted by Crippen LogP contribution is -2.48. The van der Waals surface area contributed by atoms with Crippen LogP contribution in [0.5, 0.6) is 0 Å². The molecule has 2 aromatic rings. The fourth-order valence-corrected chi connectivity index (χ4v) is 4.25. The van der Waals surface area contributed by atoms with E-state index in [0.29, 0.717) is 42.4 Å². The summed E-state index contributed by atoms with van der Waals surface area (Å²) in [5.41, 5.74) is -0.0619. The van der Waals surface area contributed by atoms with E-state index in [0.717, 1.165) is 0 Å². The molecular formula is C20H25FN2O4S. The minimum atomic E-state index is -2.28. The quantitative estimate of drug-likeness (QED) is 0.768. The number of nitrogens with zero attached hydrogens (tertiary/aromatic N) is 2. The van der Waals surface area contributed by atoms with E-state index < -0.39 is 16.9 Å². The lowest BCUT2D eigenvalue weighted by molar-refractivity contribution is 0.0208. The summed E-state index contributed by atoms with van der Waals surface area (Å²) in [6, 6.07) is 9.49. The highest BCUT2D eigenvalue weighted by molar-refractivity contribution is 7.80. The topological polar surface area (TPSA) is 70.1 Å². The smallest absolute Gasteiger partial charge is 0.410 e. The number of carbonyl (C=O) groups excluding carboxylic acids is 1. The molecule has 1 fully saturated rings. The Morgan fingerprint density at radius 3 is 2.36 bits per heavy atom. The van der Waals surface area contributed by atoms with Gasteiger partial charge < -0.3 is 9.64 Å². The number of carbonyl (C=O) groups is 1. The molecule has 1 heterocycles. The first kappa shape index (κ1) is 20.5.